The van der Waals surface area contributed by atoms with E-state index in [1.807, 2.05) is 36.4 Å². The number of carbonyl (C=O) groups excluding carboxylic acids is 1. The third-order valence-corrected chi connectivity index (χ3v) is 5.95. The van der Waals surface area contributed by atoms with Crippen LogP contribution in [0.25, 0.3) is 10.9 Å². The molecule has 9 heteroatoms. The molecule has 3 aromatic carbocycles. The van der Waals surface area contributed by atoms with Gasteiger partial charge in [-0.2, -0.15) is 13.2 Å². The first-order valence-electron chi connectivity index (χ1n) is 11.4. The number of nitrogens with one attached hydrogen (secondary N) is 2. The molecular weight excluding hydrogens is 469 g/mol. The Morgan fingerprint density at radius 3 is 2.25 bits per heavy atom. The molecule has 4 aromatic rings. The van der Waals surface area contributed by atoms with Crippen LogP contribution in [0.4, 0.5) is 36.1 Å². The van der Waals surface area contributed by atoms with Crippen molar-refractivity contribution >= 4 is 39.7 Å². The molecule has 1 saturated heterocycles. The molecule has 0 radical (unpaired) electrons. The number of amides is 1. The van der Waals surface area contributed by atoms with Gasteiger partial charge in [-0.05, 0) is 60.7 Å². The standard InChI is InChI=1S/C27H23F3N4O2/c28-27(29,30)18-5-7-19(8-6-18)31-25-17-23(22-3-1-2-4-24(22)33-25)26(35)32-20-9-11-21(12-10-20)34-13-15-36-16-14-34/h1-12,17H,13-16H2,(H,31,33)(H,32,35). The van der Waals surface area contributed by atoms with E-state index in [1.165, 1.54) is 12.1 Å². The maximum absolute atomic E-state index is 13.3. The highest BCUT2D eigenvalue weighted by Gasteiger charge is 2.30. The van der Waals surface area contributed by atoms with Gasteiger partial charge in [-0.3, -0.25) is 4.79 Å². The highest BCUT2D eigenvalue weighted by Crippen LogP contribution is 2.31. The molecule has 5 rings (SSSR count). The van der Waals surface area contributed by atoms with Gasteiger partial charge >= 0.3 is 6.18 Å². The van der Waals surface area contributed by atoms with Crippen LogP contribution in [0.2, 0.25) is 0 Å². The Labute approximate surface area is 205 Å². The number of hydrogen-bond donors (Lipinski definition) is 2. The predicted octanol–water partition coefficient (Wildman–Crippen LogP) is 6.09. The Kier molecular flexibility index (Phi) is 6.47. The van der Waals surface area contributed by atoms with Crippen LogP contribution in [0, 0.1) is 0 Å². The SMILES string of the molecule is O=C(Nc1ccc(N2CCOCC2)cc1)c1cc(Nc2ccc(C(F)(F)F)cc2)nc2ccccc12. The smallest absolute Gasteiger partial charge is 0.378 e. The van der Waals surface area contributed by atoms with Gasteiger partial charge in [0.05, 0.1) is 29.9 Å². The lowest BCUT2D eigenvalue weighted by atomic mass is 10.1. The zero-order valence-electron chi connectivity index (χ0n) is 19.2. The van der Waals surface area contributed by atoms with Crippen molar-refractivity contribution in [1.29, 1.82) is 0 Å². The molecule has 6 nitrogen and oxygen atoms in total. The van der Waals surface area contributed by atoms with Crippen LogP contribution in [0.15, 0.2) is 78.9 Å². The van der Waals surface area contributed by atoms with Crippen LogP contribution in [0.3, 0.4) is 0 Å². The largest absolute Gasteiger partial charge is 0.416 e. The number of benzene rings is 3. The summed E-state index contributed by atoms with van der Waals surface area (Å²) < 4.78 is 44.0. The third kappa shape index (κ3) is 5.26. The Balaban J connectivity index is 1.38. The first-order chi connectivity index (χ1) is 17.4. The second-order valence-electron chi connectivity index (χ2n) is 8.37. The molecule has 0 unspecified atom stereocenters. The lowest BCUT2D eigenvalue weighted by Crippen LogP contribution is -2.36. The fraction of sp³-hybridized carbons (Fsp3) is 0.185. The number of morpholine rings is 1. The maximum atomic E-state index is 13.3. The fourth-order valence-electron chi connectivity index (χ4n) is 4.09. The van der Waals surface area contributed by atoms with Gasteiger partial charge in [0, 0.05) is 35.5 Å². The van der Waals surface area contributed by atoms with Crippen molar-refractivity contribution in [3.63, 3.8) is 0 Å². The highest BCUT2D eigenvalue weighted by molar-refractivity contribution is 6.13. The summed E-state index contributed by atoms with van der Waals surface area (Å²) in [5.74, 6) is 0.0319. The van der Waals surface area contributed by atoms with Crippen molar-refractivity contribution in [3.8, 4) is 0 Å². The van der Waals surface area contributed by atoms with Crippen molar-refractivity contribution in [2.75, 3.05) is 41.8 Å². The van der Waals surface area contributed by atoms with E-state index < -0.39 is 11.7 Å². The van der Waals surface area contributed by atoms with Gasteiger partial charge in [-0.25, -0.2) is 4.98 Å². The molecule has 2 N–H and O–H groups in total. The second-order valence-corrected chi connectivity index (χ2v) is 8.37. The summed E-state index contributed by atoms with van der Waals surface area (Å²) in [6.07, 6.45) is -4.41. The zero-order valence-corrected chi connectivity index (χ0v) is 19.2. The van der Waals surface area contributed by atoms with E-state index >= 15 is 0 Å². The molecule has 0 aliphatic carbocycles. The number of para-hydroxylation sites is 1. The number of ether oxygens (including phenoxy) is 1. The number of anilines is 4. The van der Waals surface area contributed by atoms with Gasteiger partial charge < -0.3 is 20.3 Å². The van der Waals surface area contributed by atoms with Crippen LogP contribution >= 0.6 is 0 Å². The second kappa shape index (κ2) is 9.87. The van der Waals surface area contributed by atoms with E-state index in [0.29, 0.717) is 46.9 Å². The van der Waals surface area contributed by atoms with Gasteiger partial charge in [0.25, 0.3) is 5.91 Å². The molecule has 1 amide bonds. The number of halogens is 3. The average Bonchev–Trinajstić information content (AvgIpc) is 2.89. The summed E-state index contributed by atoms with van der Waals surface area (Å²) >= 11 is 0. The number of alkyl halides is 3. The molecule has 0 spiro atoms. The number of hydrogen-bond acceptors (Lipinski definition) is 5. The Hall–Kier alpha value is -4.11. The minimum absolute atomic E-state index is 0.316. The molecule has 0 bridgehead atoms. The van der Waals surface area contributed by atoms with E-state index in [4.69, 9.17) is 4.74 Å². The predicted molar refractivity (Wildman–Crippen MR) is 134 cm³/mol. The maximum Gasteiger partial charge on any atom is 0.416 e. The van der Waals surface area contributed by atoms with E-state index in [2.05, 4.69) is 20.5 Å². The van der Waals surface area contributed by atoms with Crippen molar-refractivity contribution in [2.24, 2.45) is 0 Å². The highest BCUT2D eigenvalue weighted by atomic mass is 19.4. The topological polar surface area (TPSA) is 66.5 Å². The van der Waals surface area contributed by atoms with E-state index in [9.17, 15) is 18.0 Å². The summed E-state index contributed by atoms with van der Waals surface area (Å²) in [4.78, 5) is 20.0. The van der Waals surface area contributed by atoms with Crippen molar-refractivity contribution in [2.45, 2.75) is 6.18 Å². The van der Waals surface area contributed by atoms with Gasteiger partial charge in [0.2, 0.25) is 0 Å². The molecule has 0 atom stereocenters. The monoisotopic (exact) mass is 492 g/mol. The summed E-state index contributed by atoms with van der Waals surface area (Å²) in [5, 5.41) is 6.60. The lowest BCUT2D eigenvalue weighted by Gasteiger charge is -2.28. The Bertz CT molecular complexity index is 1370. The molecule has 1 aromatic heterocycles. The first kappa shape index (κ1) is 23.6. The number of aromatic nitrogens is 1. The minimum Gasteiger partial charge on any atom is -0.378 e. The van der Waals surface area contributed by atoms with Gasteiger partial charge in [0.15, 0.2) is 0 Å². The number of rotatable bonds is 5. The van der Waals surface area contributed by atoms with E-state index in [0.717, 1.165) is 30.9 Å². The van der Waals surface area contributed by atoms with Gasteiger partial charge in [-0.15, -0.1) is 0 Å². The molecule has 1 fully saturated rings. The quantitative estimate of drug-likeness (QED) is 0.353. The van der Waals surface area contributed by atoms with Crippen molar-refractivity contribution in [3.05, 3.63) is 90.0 Å². The van der Waals surface area contributed by atoms with Crippen LogP contribution in [-0.2, 0) is 10.9 Å². The van der Waals surface area contributed by atoms with Crippen LogP contribution in [-0.4, -0.2) is 37.2 Å². The summed E-state index contributed by atoms with van der Waals surface area (Å²) in [5.41, 5.74) is 2.38. The molecular formula is C27H23F3N4O2. The normalized spacial score (nSPS) is 14.0. The molecule has 1 aliphatic heterocycles. The average molecular weight is 493 g/mol. The number of carbonyl (C=O) groups is 1. The van der Waals surface area contributed by atoms with Crippen LogP contribution < -0.4 is 15.5 Å². The summed E-state index contributed by atoms with van der Waals surface area (Å²) in [6, 6.07) is 21.1. The fourth-order valence-corrected chi connectivity index (χ4v) is 4.09. The van der Waals surface area contributed by atoms with Crippen LogP contribution in [0.1, 0.15) is 15.9 Å². The van der Waals surface area contributed by atoms with E-state index in [-0.39, 0.29) is 5.91 Å². The number of fused-ring (bicyclic) bond motifs is 1. The first-order valence-corrected chi connectivity index (χ1v) is 11.4. The lowest BCUT2D eigenvalue weighted by molar-refractivity contribution is -0.137. The summed E-state index contributed by atoms with van der Waals surface area (Å²) in [6.45, 7) is 3.03. The zero-order chi connectivity index (χ0) is 25.1. The Morgan fingerprint density at radius 1 is 0.889 bits per heavy atom. The molecule has 1 aliphatic rings. The molecule has 184 valence electrons. The summed E-state index contributed by atoms with van der Waals surface area (Å²) in [7, 11) is 0. The van der Waals surface area contributed by atoms with Crippen molar-refractivity contribution in [1.82, 2.24) is 4.98 Å². The Morgan fingerprint density at radius 2 is 1.56 bits per heavy atom. The third-order valence-electron chi connectivity index (χ3n) is 5.95. The van der Waals surface area contributed by atoms with Gasteiger partial charge in [-0.1, -0.05) is 18.2 Å². The molecule has 2 heterocycles. The molecule has 0 saturated carbocycles. The molecule has 36 heavy (non-hydrogen) atoms. The van der Waals surface area contributed by atoms with E-state index in [1.54, 1.807) is 18.2 Å². The minimum atomic E-state index is -4.41. The number of nitrogens with zero attached hydrogens (tertiary/aromatic N) is 2. The van der Waals surface area contributed by atoms with Crippen LogP contribution in [0.5, 0.6) is 0 Å². The van der Waals surface area contributed by atoms with Gasteiger partial charge in [0.1, 0.15) is 5.82 Å². The number of pyridine rings is 1. The van der Waals surface area contributed by atoms with Crippen molar-refractivity contribution < 1.29 is 22.7 Å².